The highest BCUT2D eigenvalue weighted by molar-refractivity contribution is 6.43. The van der Waals surface area contributed by atoms with Crippen molar-refractivity contribution in [2.45, 2.75) is 31.2 Å². The van der Waals surface area contributed by atoms with Crippen molar-refractivity contribution in [2.24, 2.45) is 5.10 Å². The SMILES string of the molecule is CC(=O)C1=NN2c3cc(F)ccc3OCC2[C@@]1(CCC=O)c1ccccc1. The number of nitrogens with zero attached hydrogens (tertiary/aromatic N) is 2. The van der Waals surface area contributed by atoms with Crippen LogP contribution in [0.15, 0.2) is 53.6 Å². The van der Waals surface area contributed by atoms with Crippen LogP contribution in [0, 0.1) is 5.82 Å². The number of anilines is 1. The first-order valence-corrected chi connectivity index (χ1v) is 8.88. The Morgan fingerprint density at radius 1 is 1.33 bits per heavy atom. The van der Waals surface area contributed by atoms with Crippen LogP contribution in [-0.2, 0) is 15.0 Å². The molecule has 6 heteroatoms. The maximum atomic E-state index is 13.9. The molecule has 0 N–H and O–H groups in total. The summed E-state index contributed by atoms with van der Waals surface area (Å²) >= 11 is 0. The molecule has 0 fully saturated rings. The molecule has 138 valence electrons. The number of hydrogen-bond donors (Lipinski definition) is 0. The highest BCUT2D eigenvalue weighted by Gasteiger charge is 2.55. The molecule has 0 spiro atoms. The molecular formula is C21H19FN2O3. The molecule has 0 saturated carbocycles. The number of carbonyl (C=O) groups excluding carboxylic acids is 2. The van der Waals surface area contributed by atoms with Gasteiger partial charge in [-0.3, -0.25) is 9.80 Å². The van der Waals surface area contributed by atoms with E-state index in [4.69, 9.17) is 4.74 Å². The Hall–Kier alpha value is -3.02. The number of benzene rings is 2. The van der Waals surface area contributed by atoms with E-state index in [0.717, 1.165) is 11.8 Å². The van der Waals surface area contributed by atoms with Gasteiger partial charge in [0.15, 0.2) is 5.78 Å². The maximum Gasteiger partial charge on any atom is 0.176 e. The molecule has 2 heterocycles. The Bertz CT molecular complexity index is 928. The van der Waals surface area contributed by atoms with Gasteiger partial charge in [-0.05, 0) is 24.1 Å². The topological polar surface area (TPSA) is 59.0 Å². The molecule has 0 radical (unpaired) electrons. The number of rotatable bonds is 5. The van der Waals surface area contributed by atoms with E-state index in [1.54, 1.807) is 11.1 Å². The number of Topliss-reactive ketones (excluding diaryl/α,β-unsaturated/α-hetero) is 1. The van der Waals surface area contributed by atoms with Crippen LogP contribution in [0.5, 0.6) is 5.75 Å². The summed E-state index contributed by atoms with van der Waals surface area (Å²) in [5.74, 6) is -0.0432. The zero-order valence-corrected chi connectivity index (χ0v) is 14.9. The van der Waals surface area contributed by atoms with Gasteiger partial charge < -0.3 is 9.53 Å². The van der Waals surface area contributed by atoms with Crippen molar-refractivity contribution < 1.29 is 18.7 Å². The summed E-state index contributed by atoms with van der Waals surface area (Å²) in [5.41, 5.74) is 0.977. The van der Waals surface area contributed by atoms with Crippen molar-refractivity contribution in [1.82, 2.24) is 0 Å². The van der Waals surface area contributed by atoms with Crippen LogP contribution < -0.4 is 9.75 Å². The number of ketones is 1. The van der Waals surface area contributed by atoms with E-state index in [2.05, 4.69) is 5.10 Å². The average Bonchev–Trinajstić information content (AvgIpc) is 3.03. The second-order valence-electron chi connectivity index (χ2n) is 6.83. The van der Waals surface area contributed by atoms with Crippen LogP contribution in [-0.4, -0.2) is 30.4 Å². The first-order chi connectivity index (χ1) is 13.1. The molecule has 0 aliphatic carbocycles. The average molecular weight is 366 g/mol. The molecule has 2 aromatic rings. The molecule has 0 saturated heterocycles. The fourth-order valence-corrected chi connectivity index (χ4v) is 4.19. The van der Waals surface area contributed by atoms with E-state index < -0.39 is 11.2 Å². The zero-order valence-electron chi connectivity index (χ0n) is 14.9. The van der Waals surface area contributed by atoms with Crippen molar-refractivity contribution in [3.8, 4) is 5.75 Å². The first-order valence-electron chi connectivity index (χ1n) is 8.88. The summed E-state index contributed by atoms with van der Waals surface area (Å²) in [6, 6.07) is 13.5. The minimum Gasteiger partial charge on any atom is -0.489 e. The number of hydrogen-bond acceptors (Lipinski definition) is 5. The van der Waals surface area contributed by atoms with Crippen molar-refractivity contribution in [3.05, 3.63) is 59.9 Å². The van der Waals surface area contributed by atoms with E-state index in [1.807, 2.05) is 30.3 Å². The third kappa shape index (κ3) is 2.63. The van der Waals surface area contributed by atoms with Crippen LogP contribution in [0.3, 0.4) is 0 Å². The highest BCUT2D eigenvalue weighted by atomic mass is 19.1. The standard InChI is InChI=1S/C21H19FN2O3/c1-14(26)20-21(10-5-11-25,15-6-3-2-4-7-15)19-13-27-18-9-8-16(22)12-17(18)24(19)23-20/h2-4,6-9,11-12,19H,5,10,13H2,1H3/t19?,21-/m1/s1. The predicted molar refractivity (Wildman–Crippen MR) is 99.7 cm³/mol. The normalized spacial score (nSPS) is 23.1. The van der Waals surface area contributed by atoms with E-state index in [-0.39, 0.29) is 24.9 Å². The van der Waals surface area contributed by atoms with Gasteiger partial charge in [0.2, 0.25) is 0 Å². The molecule has 0 amide bonds. The maximum absolute atomic E-state index is 13.9. The van der Waals surface area contributed by atoms with E-state index in [1.165, 1.54) is 19.1 Å². The van der Waals surface area contributed by atoms with Gasteiger partial charge in [0.05, 0.1) is 5.41 Å². The van der Waals surface area contributed by atoms with Crippen LogP contribution >= 0.6 is 0 Å². The lowest BCUT2D eigenvalue weighted by atomic mass is 9.67. The highest BCUT2D eigenvalue weighted by Crippen LogP contribution is 2.48. The molecular weight excluding hydrogens is 347 g/mol. The van der Waals surface area contributed by atoms with Crippen LogP contribution in [0.25, 0.3) is 0 Å². The summed E-state index contributed by atoms with van der Waals surface area (Å²) in [4.78, 5) is 23.8. The molecule has 27 heavy (non-hydrogen) atoms. The number of fused-ring (bicyclic) bond motifs is 3. The summed E-state index contributed by atoms with van der Waals surface area (Å²) < 4.78 is 19.8. The second kappa shape index (κ2) is 6.61. The molecule has 2 aliphatic rings. The Morgan fingerprint density at radius 2 is 2.11 bits per heavy atom. The number of hydrazone groups is 1. The van der Waals surface area contributed by atoms with Crippen LogP contribution in [0.4, 0.5) is 10.1 Å². The minimum atomic E-state index is -0.794. The van der Waals surface area contributed by atoms with Crippen molar-refractivity contribution >= 4 is 23.5 Å². The van der Waals surface area contributed by atoms with Gasteiger partial charge >= 0.3 is 0 Å². The molecule has 2 aromatic carbocycles. The summed E-state index contributed by atoms with van der Waals surface area (Å²) in [7, 11) is 0. The molecule has 2 aliphatic heterocycles. The molecule has 0 aromatic heterocycles. The van der Waals surface area contributed by atoms with Crippen LogP contribution in [0.2, 0.25) is 0 Å². The smallest absolute Gasteiger partial charge is 0.176 e. The lowest BCUT2D eigenvalue weighted by Gasteiger charge is -2.41. The lowest BCUT2D eigenvalue weighted by Crippen LogP contribution is -2.53. The zero-order chi connectivity index (χ0) is 19.0. The third-order valence-electron chi connectivity index (χ3n) is 5.34. The first kappa shape index (κ1) is 17.4. The van der Waals surface area contributed by atoms with Gasteiger partial charge in [-0.15, -0.1) is 0 Å². The van der Waals surface area contributed by atoms with E-state index in [0.29, 0.717) is 23.6 Å². The predicted octanol–water partition coefficient (Wildman–Crippen LogP) is 3.27. The number of halogens is 1. The van der Waals surface area contributed by atoms with Gasteiger partial charge in [-0.1, -0.05) is 30.3 Å². The summed E-state index contributed by atoms with van der Waals surface area (Å²) in [5, 5.41) is 6.30. The molecule has 2 atom stereocenters. The molecule has 0 bridgehead atoms. The van der Waals surface area contributed by atoms with Gasteiger partial charge in [-0.2, -0.15) is 5.10 Å². The van der Waals surface area contributed by atoms with Gasteiger partial charge in [0.1, 0.15) is 41.9 Å². The molecule has 4 rings (SSSR count). The van der Waals surface area contributed by atoms with Gasteiger partial charge in [-0.25, -0.2) is 4.39 Å². The van der Waals surface area contributed by atoms with E-state index >= 15 is 0 Å². The summed E-state index contributed by atoms with van der Waals surface area (Å²) in [6.45, 7) is 1.76. The van der Waals surface area contributed by atoms with Crippen molar-refractivity contribution in [1.29, 1.82) is 0 Å². The summed E-state index contributed by atoms with van der Waals surface area (Å²) in [6.07, 6.45) is 1.55. The molecule has 5 nitrogen and oxygen atoms in total. The lowest BCUT2D eigenvalue weighted by molar-refractivity contribution is -0.111. The van der Waals surface area contributed by atoms with E-state index in [9.17, 15) is 14.0 Å². The van der Waals surface area contributed by atoms with Crippen molar-refractivity contribution in [3.63, 3.8) is 0 Å². The number of ether oxygens (including phenoxy) is 1. The third-order valence-corrected chi connectivity index (χ3v) is 5.34. The minimum absolute atomic E-state index is 0.169. The fraction of sp³-hybridized carbons (Fsp3) is 0.286. The quantitative estimate of drug-likeness (QED) is 0.762. The van der Waals surface area contributed by atoms with Crippen LogP contribution in [0.1, 0.15) is 25.3 Å². The number of carbonyl (C=O) groups is 2. The monoisotopic (exact) mass is 366 g/mol. The Balaban J connectivity index is 1.92. The fourth-order valence-electron chi connectivity index (χ4n) is 4.19. The molecule has 1 unspecified atom stereocenters. The Labute approximate surface area is 156 Å². The largest absolute Gasteiger partial charge is 0.489 e. The van der Waals surface area contributed by atoms with Crippen molar-refractivity contribution in [2.75, 3.05) is 11.6 Å². The second-order valence-corrected chi connectivity index (χ2v) is 6.83. The number of aldehydes is 1. The Kier molecular flexibility index (Phi) is 4.26. The van der Waals surface area contributed by atoms with Gasteiger partial charge in [0, 0.05) is 19.4 Å². The Morgan fingerprint density at radius 3 is 2.81 bits per heavy atom. The van der Waals surface area contributed by atoms with Gasteiger partial charge in [0.25, 0.3) is 0 Å².